The van der Waals surface area contributed by atoms with Crippen molar-refractivity contribution in [3.05, 3.63) is 45.1 Å². The number of carbonyl (C=O) groups excluding carboxylic acids is 1. The average molecular weight is 456 g/mol. The minimum atomic E-state index is -1.99. The summed E-state index contributed by atoms with van der Waals surface area (Å²) in [4.78, 5) is 25.4. The third-order valence-corrected chi connectivity index (χ3v) is 10.7. The standard InChI is InChI=1S/C18H22BrNO4SSi/c1-18(2,3)26(4,5)24-13-8-6-12(7-9-13)20(17(22)23)16(21)15-14(19)10-11-25-15/h6-11H,1-5H3,(H,22,23). The van der Waals surface area contributed by atoms with Gasteiger partial charge < -0.3 is 9.53 Å². The van der Waals surface area contributed by atoms with E-state index in [4.69, 9.17) is 4.43 Å². The Morgan fingerprint density at radius 3 is 2.15 bits per heavy atom. The van der Waals surface area contributed by atoms with Crippen molar-refractivity contribution in [2.45, 2.75) is 38.9 Å². The highest BCUT2D eigenvalue weighted by Crippen LogP contribution is 2.37. The van der Waals surface area contributed by atoms with Gasteiger partial charge in [0.2, 0.25) is 8.32 Å². The molecule has 1 aromatic carbocycles. The lowest BCUT2D eigenvalue weighted by atomic mass is 10.2. The molecule has 2 amide bonds. The number of halogens is 1. The Balaban J connectivity index is 2.28. The van der Waals surface area contributed by atoms with Gasteiger partial charge in [-0.2, -0.15) is 0 Å². The maximum atomic E-state index is 12.6. The molecule has 0 radical (unpaired) electrons. The zero-order valence-corrected chi connectivity index (χ0v) is 18.8. The Morgan fingerprint density at radius 1 is 1.15 bits per heavy atom. The van der Waals surface area contributed by atoms with Crippen molar-refractivity contribution in [2.24, 2.45) is 0 Å². The second-order valence-corrected chi connectivity index (χ2v) is 13.9. The number of carbonyl (C=O) groups is 2. The van der Waals surface area contributed by atoms with E-state index >= 15 is 0 Å². The molecule has 0 aliphatic rings. The summed E-state index contributed by atoms with van der Waals surface area (Å²) in [5, 5.41) is 11.3. The van der Waals surface area contributed by atoms with Crippen molar-refractivity contribution in [3.63, 3.8) is 0 Å². The monoisotopic (exact) mass is 455 g/mol. The minimum Gasteiger partial charge on any atom is -0.544 e. The summed E-state index contributed by atoms with van der Waals surface area (Å²) in [6, 6.07) is 8.32. The van der Waals surface area contributed by atoms with Gasteiger partial charge in [-0.1, -0.05) is 20.8 Å². The number of thiophene rings is 1. The lowest BCUT2D eigenvalue weighted by Gasteiger charge is -2.36. The molecule has 0 aliphatic carbocycles. The van der Waals surface area contributed by atoms with Crippen molar-refractivity contribution in [3.8, 4) is 5.75 Å². The maximum absolute atomic E-state index is 12.6. The first-order valence-electron chi connectivity index (χ1n) is 8.03. The third kappa shape index (κ3) is 4.36. The van der Waals surface area contributed by atoms with E-state index in [1.54, 1.807) is 35.7 Å². The topological polar surface area (TPSA) is 66.8 Å². The fourth-order valence-corrected chi connectivity index (χ4v) is 4.47. The molecule has 1 N–H and O–H groups in total. The molecule has 0 fully saturated rings. The van der Waals surface area contributed by atoms with Gasteiger partial charge in [-0.05, 0) is 69.8 Å². The first-order valence-corrected chi connectivity index (χ1v) is 12.6. The molecule has 1 heterocycles. The number of benzene rings is 1. The molecule has 0 unspecified atom stereocenters. The van der Waals surface area contributed by atoms with Crippen LogP contribution in [0.5, 0.6) is 5.75 Å². The molecule has 0 saturated heterocycles. The van der Waals surface area contributed by atoms with E-state index in [0.717, 1.165) is 4.90 Å². The zero-order valence-electron chi connectivity index (χ0n) is 15.4. The smallest absolute Gasteiger partial charge is 0.419 e. The van der Waals surface area contributed by atoms with Gasteiger partial charge in [0.15, 0.2) is 0 Å². The van der Waals surface area contributed by atoms with Crippen LogP contribution in [0.4, 0.5) is 10.5 Å². The molecule has 26 heavy (non-hydrogen) atoms. The highest BCUT2D eigenvalue weighted by atomic mass is 79.9. The van der Waals surface area contributed by atoms with E-state index in [1.807, 2.05) is 0 Å². The summed E-state index contributed by atoms with van der Waals surface area (Å²) in [7, 11) is -1.99. The normalized spacial score (nSPS) is 11.9. The number of rotatable bonds is 4. The number of amides is 2. The van der Waals surface area contributed by atoms with Crippen molar-refractivity contribution < 1.29 is 19.1 Å². The quantitative estimate of drug-likeness (QED) is 0.555. The third-order valence-electron chi connectivity index (χ3n) is 4.48. The van der Waals surface area contributed by atoms with E-state index in [9.17, 15) is 14.7 Å². The Bertz CT molecular complexity index is 811. The van der Waals surface area contributed by atoms with Crippen LogP contribution in [-0.4, -0.2) is 25.4 Å². The zero-order chi connectivity index (χ0) is 19.7. The van der Waals surface area contributed by atoms with Crippen LogP contribution >= 0.6 is 27.3 Å². The number of nitrogens with zero attached hydrogens (tertiary/aromatic N) is 1. The van der Waals surface area contributed by atoms with E-state index < -0.39 is 20.3 Å². The van der Waals surface area contributed by atoms with E-state index in [1.165, 1.54) is 11.3 Å². The second-order valence-electron chi connectivity index (χ2n) is 7.38. The van der Waals surface area contributed by atoms with E-state index in [0.29, 0.717) is 15.1 Å². The summed E-state index contributed by atoms with van der Waals surface area (Å²) in [6.07, 6.45) is -1.33. The second kappa shape index (κ2) is 7.54. The largest absolute Gasteiger partial charge is 0.544 e. The van der Waals surface area contributed by atoms with Crippen molar-refractivity contribution in [1.29, 1.82) is 0 Å². The summed E-state index contributed by atoms with van der Waals surface area (Å²) in [5.74, 6) is 0.0906. The number of hydrogen-bond donors (Lipinski definition) is 1. The number of carboxylic acid groups (broad SMARTS) is 1. The molecule has 0 aliphatic heterocycles. The minimum absolute atomic E-state index is 0.0557. The van der Waals surface area contributed by atoms with Gasteiger partial charge in [-0.25, -0.2) is 9.69 Å². The van der Waals surface area contributed by atoms with Gasteiger partial charge in [-0.3, -0.25) is 4.79 Å². The Labute approximate surface area is 166 Å². The summed E-state index contributed by atoms with van der Waals surface area (Å²) in [5.41, 5.74) is 0.283. The van der Waals surface area contributed by atoms with Crippen LogP contribution in [0.15, 0.2) is 40.2 Å². The van der Waals surface area contributed by atoms with Crippen LogP contribution in [-0.2, 0) is 0 Å². The lowest BCUT2D eigenvalue weighted by molar-refractivity contribution is 0.0986. The van der Waals surface area contributed by atoms with Crippen LogP contribution in [0.1, 0.15) is 30.4 Å². The molecule has 0 saturated carbocycles. The van der Waals surface area contributed by atoms with Crippen LogP contribution < -0.4 is 9.33 Å². The molecule has 0 spiro atoms. The van der Waals surface area contributed by atoms with Gasteiger partial charge in [0.25, 0.3) is 5.91 Å². The SMILES string of the molecule is CC(C)(C)[Si](C)(C)Oc1ccc(N(C(=O)O)C(=O)c2sccc2Br)cc1. The van der Waals surface area contributed by atoms with Crippen LogP contribution in [0.25, 0.3) is 0 Å². The van der Waals surface area contributed by atoms with Crippen LogP contribution in [0, 0.1) is 0 Å². The van der Waals surface area contributed by atoms with Gasteiger partial charge in [0, 0.05) is 4.47 Å². The average Bonchev–Trinajstić information content (AvgIpc) is 2.93. The Morgan fingerprint density at radius 2 is 1.73 bits per heavy atom. The number of hydrogen-bond acceptors (Lipinski definition) is 4. The first kappa shape index (κ1) is 20.7. The number of anilines is 1. The fourth-order valence-electron chi connectivity index (χ4n) is 1.97. The fraction of sp³-hybridized carbons (Fsp3) is 0.333. The van der Waals surface area contributed by atoms with E-state index in [2.05, 4.69) is 49.8 Å². The molecular formula is C18H22BrNO4SSi. The highest BCUT2D eigenvalue weighted by Gasteiger charge is 2.39. The predicted octanol–water partition coefficient (Wildman–Crippen LogP) is 6.22. The molecule has 2 rings (SSSR count). The highest BCUT2D eigenvalue weighted by molar-refractivity contribution is 9.10. The van der Waals surface area contributed by atoms with Gasteiger partial charge >= 0.3 is 6.09 Å². The molecule has 0 atom stereocenters. The molecular weight excluding hydrogens is 434 g/mol. The van der Waals surface area contributed by atoms with Gasteiger partial charge in [0.1, 0.15) is 10.6 Å². The molecule has 0 bridgehead atoms. The first-order chi connectivity index (χ1) is 11.9. The van der Waals surface area contributed by atoms with Crippen LogP contribution in [0.3, 0.4) is 0 Å². The molecule has 2 aromatic rings. The van der Waals surface area contributed by atoms with Crippen LogP contribution in [0.2, 0.25) is 18.1 Å². The maximum Gasteiger partial charge on any atom is 0.419 e. The van der Waals surface area contributed by atoms with Crippen molar-refractivity contribution in [2.75, 3.05) is 4.90 Å². The molecule has 5 nitrogen and oxygen atoms in total. The molecule has 1 aromatic heterocycles. The van der Waals surface area contributed by atoms with Crippen molar-refractivity contribution >= 4 is 53.3 Å². The molecule has 140 valence electrons. The number of imide groups is 1. The summed E-state index contributed by atoms with van der Waals surface area (Å²) >= 11 is 4.47. The van der Waals surface area contributed by atoms with Gasteiger partial charge in [0.05, 0.1) is 5.69 Å². The molecule has 8 heteroatoms. The summed E-state index contributed by atoms with van der Waals surface area (Å²) in [6.45, 7) is 10.7. The van der Waals surface area contributed by atoms with Gasteiger partial charge in [-0.15, -0.1) is 11.3 Å². The predicted molar refractivity (Wildman–Crippen MR) is 111 cm³/mol. The lowest BCUT2D eigenvalue weighted by Crippen LogP contribution is -2.43. The Kier molecular flexibility index (Phi) is 5.99. The summed E-state index contributed by atoms with van der Waals surface area (Å²) < 4.78 is 6.78. The Hall–Kier alpha value is -1.64. The van der Waals surface area contributed by atoms with E-state index in [-0.39, 0.29) is 10.7 Å². The van der Waals surface area contributed by atoms with Crippen molar-refractivity contribution in [1.82, 2.24) is 0 Å².